The lowest BCUT2D eigenvalue weighted by Gasteiger charge is -2.01. The minimum atomic E-state index is 0.660. The highest BCUT2D eigenvalue weighted by atomic mass is 16.5. The first-order chi connectivity index (χ1) is 7.40. The Balaban J connectivity index is 1.64. The number of nitrogens with zero attached hydrogens (tertiary/aromatic N) is 1. The Morgan fingerprint density at radius 3 is 2.93 bits per heavy atom. The summed E-state index contributed by atoms with van der Waals surface area (Å²) >= 11 is 0. The third kappa shape index (κ3) is 3.32. The third-order valence-electron chi connectivity index (χ3n) is 2.59. The van der Waals surface area contributed by atoms with E-state index in [1.54, 1.807) is 0 Å². The fraction of sp³-hybridized carbons (Fsp3) is 0.727. The zero-order valence-corrected chi connectivity index (χ0v) is 9.25. The maximum atomic E-state index is 5.26. The van der Waals surface area contributed by atoms with Crippen LogP contribution >= 0.6 is 0 Å². The van der Waals surface area contributed by atoms with Gasteiger partial charge in [-0.2, -0.15) is 0 Å². The van der Waals surface area contributed by atoms with E-state index in [-0.39, 0.29) is 0 Å². The molecule has 1 aliphatic carbocycles. The summed E-state index contributed by atoms with van der Waals surface area (Å²) in [6, 6.07) is 2.08. The van der Waals surface area contributed by atoms with Crippen molar-refractivity contribution in [1.29, 1.82) is 0 Å². The van der Waals surface area contributed by atoms with Crippen LogP contribution in [0, 0.1) is 0 Å². The molecule has 4 nitrogen and oxygen atoms in total. The van der Waals surface area contributed by atoms with Crippen molar-refractivity contribution >= 4 is 0 Å². The predicted octanol–water partition coefficient (Wildman–Crippen LogP) is 1.25. The standard InChI is InChI=1S/C11H19N3O/c1-2-12-5-6-13-8-10-7-11(15-14-10)9-3-4-9/h7,9,12-13H,2-6,8H2,1H3. The van der Waals surface area contributed by atoms with Crippen LogP contribution < -0.4 is 10.6 Å². The molecule has 0 aliphatic heterocycles. The Morgan fingerprint density at radius 2 is 2.20 bits per heavy atom. The first kappa shape index (κ1) is 10.6. The Bertz CT molecular complexity index is 294. The highest BCUT2D eigenvalue weighted by molar-refractivity contribution is 5.14. The van der Waals surface area contributed by atoms with Gasteiger partial charge in [0, 0.05) is 31.6 Å². The quantitative estimate of drug-likeness (QED) is 0.664. The molecule has 1 aromatic heterocycles. The van der Waals surface area contributed by atoms with Crippen molar-refractivity contribution in [2.75, 3.05) is 19.6 Å². The lowest BCUT2D eigenvalue weighted by molar-refractivity contribution is 0.376. The van der Waals surface area contributed by atoms with E-state index >= 15 is 0 Å². The Kier molecular flexibility index (Phi) is 3.75. The molecule has 1 aromatic rings. The number of likely N-dealkylation sites (N-methyl/N-ethyl adjacent to an activating group) is 1. The predicted molar refractivity (Wildman–Crippen MR) is 58.7 cm³/mol. The molecule has 0 saturated heterocycles. The molecule has 2 N–H and O–H groups in total. The van der Waals surface area contributed by atoms with Crippen LogP contribution in [0.3, 0.4) is 0 Å². The fourth-order valence-electron chi connectivity index (χ4n) is 1.54. The van der Waals surface area contributed by atoms with Gasteiger partial charge in [0.2, 0.25) is 0 Å². The summed E-state index contributed by atoms with van der Waals surface area (Å²) < 4.78 is 5.26. The maximum Gasteiger partial charge on any atom is 0.140 e. The average Bonchev–Trinajstić information content (AvgIpc) is 2.99. The molecule has 1 aliphatic rings. The normalized spacial score (nSPS) is 15.8. The Morgan fingerprint density at radius 1 is 1.40 bits per heavy atom. The van der Waals surface area contributed by atoms with E-state index in [9.17, 15) is 0 Å². The van der Waals surface area contributed by atoms with Gasteiger partial charge < -0.3 is 15.2 Å². The van der Waals surface area contributed by atoms with Crippen LogP contribution in [0.15, 0.2) is 10.6 Å². The van der Waals surface area contributed by atoms with Gasteiger partial charge in [-0.1, -0.05) is 12.1 Å². The van der Waals surface area contributed by atoms with Gasteiger partial charge in [-0.15, -0.1) is 0 Å². The Hall–Kier alpha value is -0.870. The van der Waals surface area contributed by atoms with Crippen LogP contribution in [0.4, 0.5) is 0 Å². The SMILES string of the molecule is CCNCCNCc1cc(C2CC2)on1. The summed E-state index contributed by atoms with van der Waals surface area (Å²) in [6.45, 7) is 5.92. The second-order valence-electron chi connectivity index (χ2n) is 4.03. The number of hydrogen-bond donors (Lipinski definition) is 2. The van der Waals surface area contributed by atoms with Crippen molar-refractivity contribution in [3.63, 3.8) is 0 Å². The van der Waals surface area contributed by atoms with Crippen molar-refractivity contribution in [2.45, 2.75) is 32.2 Å². The highest BCUT2D eigenvalue weighted by Crippen LogP contribution is 2.40. The minimum Gasteiger partial charge on any atom is -0.361 e. The molecular formula is C11H19N3O. The third-order valence-corrected chi connectivity index (χ3v) is 2.59. The van der Waals surface area contributed by atoms with Crippen LogP contribution in [-0.4, -0.2) is 24.8 Å². The van der Waals surface area contributed by atoms with E-state index in [2.05, 4.69) is 28.8 Å². The molecule has 84 valence electrons. The van der Waals surface area contributed by atoms with Crippen LogP contribution in [0.1, 0.15) is 37.1 Å². The molecule has 0 atom stereocenters. The Labute approximate surface area is 90.4 Å². The van der Waals surface area contributed by atoms with Crippen molar-refractivity contribution in [2.24, 2.45) is 0 Å². The zero-order valence-electron chi connectivity index (χ0n) is 9.25. The fourth-order valence-corrected chi connectivity index (χ4v) is 1.54. The molecule has 4 heteroatoms. The van der Waals surface area contributed by atoms with E-state index in [0.29, 0.717) is 5.92 Å². The topological polar surface area (TPSA) is 50.1 Å². The summed E-state index contributed by atoms with van der Waals surface area (Å²) in [5.74, 6) is 1.73. The van der Waals surface area contributed by atoms with E-state index in [1.807, 2.05) is 0 Å². The van der Waals surface area contributed by atoms with Crippen LogP contribution in [0.5, 0.6) is 0 Å². The molecule has 1 saturated carbocycles. The lowest BCUT2D eigenvalue weighted by atomic mass is 10.3. The van der Waals surface area contributed by atoms with Crippen LogP contribution in [-0.2, 0) is 6.54 Å². The molecule has 15 heavy (non-hydrogen) atoms. The molecule has 0 spiro atoms. The average molecular weight is 209 g/mol. The van der Waals surface area contributed by atoms with E-state index in [0.717, 1.165) is 37.6 Å². The molecule has 0 amide bonds. The molecule has 0 radical (unpaired) electrons. The molecule has 2 rings (SSSR count). The molecule has 0 bridgehead atoms. The smallest absolute Gasteiger partial charge is 0.140 e. The molecule has 0 aromatic carbocycles. The summed E-state index contributed by atoms with van der Waals surface area (Å²) in [5.41, 5.74) is 1.02. The highest BCUT2D eigenvalue weighted by Gasteiger charge is 2.27. The van der Waals surface area contributed by atoms with Crippen LogP contribution in [0.2, 0.25) is 0 Å². The molecular weight excluding hydrogens is 190 g/mol. The number of hydrogen-bond acceptors (Lipinski definition) is 4. The zero-order chi connectivity index (χ0) is 10.5. The van der Waals surface area contributed by atoms with Gasteiger partial charge in [0.1, 0.15) is 5.76 Å². The van der Waals surface area contributed by atoms with Crippen molar-refractivity contribution < 1.29 is 4.52 Å². The van der Waals surface area contributed by atoms with E-state index < -0.39 is 0 Å². The lowest BCUT2D eigenvalue weighted by Crippen LogP contribution is -2.26. The minimum absolute atomic E-state index is 0.660. The summed E-state index contributed by atoms with van der Waals surface area (Å²) in [4.78, 5) is 0. The number of nitrogens with one attached hydrogen (secondary N) is 2. The van der Waals surface area contributed by atoms with Gasteiger partial charge in [-0.25, -0.2) is 0 Å². The first-order valence-electron chi connectivity index (χ1n) is 5.77. The van der Waals surface area contributed by atoms with Crippen LogP contribution in [0.25, 0.3) is 0 Å². The van der Waals surface area contributed by atoms with E-state index in [4.69, 9.17) is 4.52 Å². The summed E-state index contributed by atoms with van der Waals surface area (Å²) in [6.07, 6.45) is 2.53. The van der Waals surface area contributed by atoms with Crippen molar-refractivity contribution in [3.05, 3.63) is 17.5 Å². The van der Waals surface area contributed by atoms with Gasteiger partial charge in [0.05, 0.1) is 5.69 Å². The van der Waals surface area contributed by atoms with Gasteiger partial charge in [-0.05, 0) is 19.4 Å². The molecule has 0 unspecified atom stereocenters. The number of rotatable bonds is 7. The van der Waals surface area contributed by atoms with E-state index in [1.165, 1.54) is 12.8 Å². The van der Waals surface area contributed by atoms with Crippen molar-refractivity contribution in [3.8, 4) is 0 Å². The number of aromatic nitrogens is 1. The molecule has 1 fully saturated rings. The van der Waals surface area contributed by atoms with Gasteiger partial charge in [-0.3, -0.25) is 0 Å². The second kappa shape index (κ2) is 5.28. The largest absolute Gasteiger partial charge is 0.361 e. The molecule has 1 heterocycles. The van der Waals surface area contributed by atoms with Gasteiger partial charge in [0.25, 0.3) is 0 Å². The first-order valence-corrected chi connectivity index (χ1v) is 5.77. The van der Waals surface area contributed by atoms with Crippen molar-refractivity contribution in [1.82, 2.24) is 15.8 Å². The van der Waals surface area contributed by atoms with Gasteiger partial charge in [0.15, 0.2) is 0 Å². The second-order valence-corrected chi connectivity index (χ2v) is 4.03. The summed E-state index contributed by atoms with van der Waals surface area (Å²) in [7, 11) is 0. The van der Waals surface area contributed by atoms with Gasteiger partial charge >= 0.3 is 0 Å². The monoisotopic (exact) mass is 209 g/mol. The maximum absolute atomic E-state index is 5.26. The summed E-state index contributed by atoms with van der Waals surface area (Å²) in [5, 5.41) is 10.6.